The van der Waals surface area contributed by atoms with Crippen molar-refractivity contribution < 1.29 is 17.6 Å². The average molecular weight is 496 g/mol. The number of hydrogen-bond acceptors (Lipinski definition) is 4. The van der Waals surface area contributed by atoms with E-state index in [2.05, 4.69) is 10.3 Å². The number of rotatable bonds is 8. The Morgan fingerprint density at radius 1 is 1.06 bits per heavy atom. The lowest BCUT2D eigenvalue weighted by molar-refractivity contribution is -0.121. The molecule has 3 aromatic rings. The Morgan fingerprint density at radius 3 is 2.34 bits per heavy atom. The summed E-state index contributed by atoms with van der Waals surface area (Å²) in [5.74, 6) is -1.42. The molecule has 32 heavy (non-hydrogen) atoms. The van der Waals surface area contributed by atoms with E-state index < -0.39 is 27.8 Å². The first-order valence-corrected chi connectivity index (χ1v) is 11.8. The van der Waals surface area contributed by atoms with Crippen LogP contribution in [-0.2, 0) is 21.2 Å². The van der Waals surface area contributed by atoms with Crippen LogP contribution >= 0.6 is 23.2 Å². The van der Waals surface area contributed by atoms with Crippen molar-refractivity contribution in [3.05, 3.63) is 88.4 Å². The van der Waals surface area contributed by atoms with Crippen molar-refractivity contribution in [1.82, 2.24) is 10.3 Å². The van der Waals surface area contributed by atoms with E-state index in [1.54, 1.807) is 12.4 Å². The highest BCUT2D eigenvalue weighted by molar-refractivity contribution is 7.93. The summed E-state index contributed by atoms with van der Waals surface area (Å²) in [6, 6.07) is 11.3. The molecule has 0 aliphatic carbocycles. The predicted molar refractivity (Wildman–Crippen MR) is 123 cm³/mol. The molecule has 0 saturated heterocycles. The number of carbonyl (C=O) groups is 1. The van der Waals surface area contributed by atoms with Crippen LogP contribution in [0.3, 0.4) is 0 Å². The van der Waals surface area contributed by atoms with E-state index in [4.69, 9.17) is 23.2 Å². The van der Waals surface area contributed by atoms with Crippen molar-refractivity contribution in [2.45, 2.75) is 24.3 Å². The van der Waals surface area contributed by atoms with Gasteiger partial charge >= 0.3 is 0 Å². The average Bonchev–Trinajstić information content (AvgIpc) is 2.77. The summed E-state index contributed by atoms with van der Waals surface area (Å²) in [6.45, 7) is 1.65. The zero-order valence-electron chi connectivity index (χ0n) is 17.0. The zero-order chi connectivity index (χ0) is 23.3. The van der Waals surface area contributed by atoms with Crippen LogP contribution in [0.1, 0.15) is 12.5 Å². The van der Waals surface area contributed by atoms with E-state index in [0.29, 0.717) is 11.4 Å². The van der Waals surface area contributed by atoms with Crippen LogP contribution in [-0.4, -0.2) is 31.9 Å². The molecule has 1 amide bonds. The fourth-order valence-electron chi connectivity index (χ4n) is 3.05. The molecule has 168 valence electrons. The van der Waals surface area contributed by atoms with Gasteiger partial charge in [0.2, 0.25) is 5.91 Å². The van der Waals surface area contributed by atoms with E-state index in [9.17, 15) is 17.6 Å². The van der Waals surface area contributed by atoms with E-state index in [-0.39, 0.29) is 22.2 Å². The van der Waals surface area contributed by atoms with Crippen LogP contribution in [0.2, 0.25) is 10.0 Å². The number of benzene rings is 2. The summed E-state index contributed by atoms with van der Waals surface area (Å²) in [5, 5.41) is 3.17. The molecule has 2 aromatic carbocycles. The summed E-state index contributed by atoms with van der Waals surface area (Å²) >= 11 is 11.9. The monoisotopic (exact) mass is 495 g/mol. The van der Waals surface area contributed by atoms with Crippen molar-refractivity contribution in [2.24, 2.45) is 0 Å². The number of anilines is 1. The lowest BCUT2D eigenvalue weighted by Crippen LogP contribution is -2.49. The van der Waals surface area contributed by atoms with Crippen molar-refractivity contribution in [1.29, 1.82) is 0 Å². The first-order chi connectivity index (χ1) is 15.2. The highest BCUT2D eigenvalue weighted by atomic mass is 35.5. The minimum absolute atomic E-state index is 0.128. The van der Waals surface area contributed by atoms with Crippen LogP contribution in [0.25, 0.3) is 0 Å². The molecule has 1 heterocycles. The molecule has 0 aliphatic rings. The number of halogens is 3. The van der Waals surface area contributed by atoms with Gasteiger partial charge in [-0.05, 0) is 73.5 Å². The highest BCUT2D eigenvalue weighted by Gasteiger charge is 2.35. The molecule has 1 N–H and O–H groups in total. The number of amides is 1. The smallest absolute Gasteiger partial charge is 0.265 e. The number of nitrogens with one attached hydrogen (secondary N) is 1. The lowest BCUT2D eigenvalue weighted by Gasteiger charge is -2.30. The minimum atomic E-state index is -4.32. The Labute approximate surface area is 196 Å². The van der Waals surface area contributed by atoms with E-state index in [0.717, 1.165) is 15.9 Å². The van der Waals surface area contributed by atoms with Gasteiger partial charge in [0.05, 0.1) is 10.6 Å². The van der Waals surface area contributed by atoms with Gasteiger partial charge in [-0.2, -0.15) is 0 Å². The number of pyridine rings is 1. The van der Waals surface area contributed by atoms with Crippen LogP contribution in [0.4, 0.5) is 10.1 Å². The van der Waals surface area contributed by atoms with Crippen molar-refractivity contribution in [3.8, 4) is 0 Å². The molecule has 3 rings (SSSR count). The number of sulfonamides is 1. The number of nitrogens with zero attached hydrogens (tertiary/aromatic N) is 2. The fraction of sp³-hybridized carbons (Fsp3) is 0.182. The Balaban J connectivity index is 1.92. The molecule has 0 aliphatic heterocycles. The minimum Gasteiger partial charge on any atom is -0.354 e. The van der Waals surface area contributed by atoms with Crippen LogP contribution in [0, 0.1) is 5.82 Å². The van der Waals surface area contributed by atoms with Crippen LogP contribution < -0.4 is 9.62 Å². The van der Waals surface area contributed by atoms with Crippen molar-refractivity contribution >= 4 is 44.8 Å². The van der Waals surface area contributed by atoms with Gasteiger partial charge in [-0.3, -0.25) is 14.1 Å². The topological polar surface area (TPSA) is 79.4 Å². The van der Waals surface area contributed by atoms with Gasteiger partial charge in [-0.1, -0.05) is 23.2 Å². The molecular weight excluding hydrogens is 476 g/mol. The maximum atomic E-state index is 14.7. The summed E-state index contributed by atoms with van der Waals surface area (Å²) < 4.78 is 42.3. The van der Waals surface area contributed by atoms with Gasteiger partial charge in [0.25, 0.3) is 10.0 Å². The third kappa shape index (κ3) is 5.56. The number of hydrogen-bond donors (Lipinski definition) is 1. The van der Waals surface area contributed by atoms with Crippen LogP contribution in [0.15, 0.2) is 71.9 Å². The van der Waals surface area contributed by atoms with Gasteiger partial charge in [0.1, 0.15) is 11.9 Å². The summed E-state index contributed by atoms with van der Waals surface area (Å²) in [4.78, 5) is 16.7. The Bertz CT molecular complexity index is 1190. The molecular formula is C22H20Cl2FN3O3S. The largest absolute Gasteiger partial charge is 0.354 e. The molecule has 1 aromatic heterocycles. The predicted octanol–water partition coefficient (Wildman–Crippen LogP) is 4.47. The molecule has 10 heteroatoms. The quantitative estimate of drug-likeness (QED) is 0.499. The Hall–Kier alpha value is -2.68. The molecule has 0 saturated carbocycles. The van der Waals surface area contributed by atoms with Gasteiger partial charge in [0, 0.05) is 29.0 Å². The normalized spacial score (nSPS) is 12.2. The Kier molecular flexibility index (Phi) is 7.71. The summed E-state index contributed by atoms with van der Waals surface area (Å²) in [7, 11) is -4.32. The zero-order valence-corrected chi connectivity index (χ0v) is 19.3. The van der Waals surface area contributed by atoms with Gasteiger partial charge in [-0.15, -0.1) is 0 Å². The van der Waals surface area contributed by atoms with Crippen LogP contribution in [0.5, 0.6) is 0 Å². The van der Waals surface area contributed by atoms with E-state index >= 15 is 0 Å². The van der Waals surface area contributed by atoms with E-state index in [1.807, 2.05) is 12.1 Å². The third-order valence-electron chi connectivity index (χ3n) is 4.71. The third-order valence-corrected chi connectivity index (χ3v) is 7.10. The Morgan fingerprint density at radius 2 is 1.69 bits per heavy atom. The first-order valence-electron chi connectivity index (χ1n) is 9.62. The fourth-order valence-corrected chi connectivity index (χ4v) is 4.97. The van der Waals surface area contributed by atoms with E-state index in [1.165, 1.54) is 43.3 Å². The van der Waals surface area contributed by atoms with Gasteiger partial charge < -0.3 is 5.32 Å². The molecule has 0 spiro atoms. The second-order valence-corrected chi connectivity index (χ2v) is 9.61. The summed E-state index contributed by atoms with van der Waals surface area (Å²) in [5.41, 5.74) is 0.628. The maximum Gasteiger partial charge on any atom is 0.265 e. The second kappa shape index (κ2) is 10.3. The number of carbonyl (C=O) groups excluding carboxylic acids is 1. The van der Waals surface area contributed by atoms with Gasteiger partial charge in [0.15, 0.2) is 0 Å². The molecule has 6 nitrogen and oxygen atoms in total. The van der Waals surface area contributed by atoms with Gasteiger partial charge in [-0.25, -0.2) is 12.8 Å². The first kappa shape index (κ1) is 24.0. The molecule has 0 radical (unpaired) electrons. The standard InChI is InChI=1S/C22H20Cl2FN3O3S/c1-15(22(29)27-13-10-16-8-11-26-12-9-16)28(21-14-18(24)4-7-20(21)25)32(30,31)19-5-2-17(23)3-6-19/h2-9,11-12,14-15H,10,13H2,1H3,(H,27,29)/t15-/m1/s1. The highest BCUT2D eigenvalue weighted by Crippen LogP contribution is 2.31. The molecule has 1 atom stereocenters. The summed E-state index contributed by atoms with van der Waals surface area (Å²) in [6.07, 6.45) is 3.81. The lowest BCUT2D eigenvalue weighted by atomic mass is 10.2. The van der Waals surface area contributed by atoms with Crippen molar-refractivity contribution in [2.75, 3.05) is 10.8 Å². The number of aromatic nitrogens is 1. The molecule has 0 unspecified atom stereocenters. The second-order valence-electron chi connectivity index (χ2n) is 6.92. The molecule has 0 fully saturated rings. The SMILES string of the molecule is C[C@H](C(=O)NCCc1ccncc1)N(c1cc(Cl)ccc1F)S(=O)(=O)c1ccc(Cl)cc1. The van der Waals surface area contributed by atoms with Crippen molar-refractivity contribution in [3.63, 3.8) is 0 Å². The maximum absolute atomic E-state index is 14.7. The molecule has 0 bridgehead atoms.